The summed E-state index contributed by atoms with van der Waals surface area (Å²) >= 11 is 5.92. The van der Waals surface area contributed by atoms with Crippen LogP contribution in [0.4, 0.5) is 0 Å². The normalized spacial score (nSPS) is 14.5. The minimum atomic E-state index is -1.19. The molecule has 0 aromatic rings. The van der Waals surface area contributed by atoms with Crippen LogP contribution in [0, 0.1) is 0 Å². The van der Waals surface area contributed by atoms with Crippen LogP contribution in [-0.4, -0.2) is 29.2 Å². The lowest BCUT2D eigenvalue weighted by Gasteiger charge is -2.15. The lowest BCUT2D eigenvalue weighted by atomic mass is 10.1. The van der Waals surface area contributed by atoms with Crippen LogP contribution in [0.1, 0.15) is 52.4 Å². The van der Waals surface area contributed by atoms with E-state index in [9.17, 15) is 9.90 Å². The number of carbonyl (C=O) groups is 1. The number of unbranched alkanes of at least 4 members (excludes halogenated alkanes) is 4. The molecular weight excluding hydrogens is 228 g/mol. The number of aliphatic hydroxyl groups excluding tert-OH is 1. The number of carbonyl (C=O) groups excluding carboxylic acids is 1. The molecule has 0 aliphatic rings. The highest BCUT2D eigenvalue weighted by Crippen LogP contribution is 2.15. The number of rotatable bonds is 9. The average molecular weight is 251 g/mol. The van der Waals surface area contributed by atoms with Gasteiger partial charge in [-0.1, -0.05) is 39.0 Å². The van der Waals surface area contributed by atoms with Crippen molar-refractivity contribution in [1.82, 2.24) is 0 Å². The molecule has 0 aromatic heterocycles. The van der Waals surface area contributed by atoms with Gasteiger partial charge in [-0.15, -0.1) is 11.6 Å². The number of ether oxygens (including phenoxy) is 1. The highest BCUT2D eigenvalue weighted by Gasteiger charge is 2.24. The van der Waals surface area contributed by atoms with Gasteiger partial charge in [0.25, 0.3) is 0 Å². The molecule has 0 amide bonds. The van der Waals surface area contributed by atoms with E-state index in [4.69, 9.17) is 16.3 Å². The SMILES string of the molecule is CCCCCCC[C@@H](Cl)[C@@H](O)C(=O)OCC. The highest BCUT2D eigenvalue weighted by atomic mass is 35.5. The fourth-order valence-corrected chi connectivity index (χ4v) is 1.73. The molecule has 0 fully saturated rings. The topological polar surface area (TPSA) is 46.5 Å². The summed E-state index contributed by atoms with van der Waals surface area (Å²) < 4.78 is 4.70. The first-order chi connectivity index (χ1) is 7.63. The number of esters is 1. The third-order valence-electron chi connectivity index (χ3n) is 2.45. The Morgan fingerprint density at radius 1 is 1.25 bits per heavy atom. The molecule has 0 radical (unpaired) electrons. The van der Waals surface area contributed by atoms with Gasteiger partial charge in [-0.25, -0.2) is 4.79 Å². The van der Waals surface area contributed by atoms with Gasteiger partial charge in [0.1, 0.15) is 0 Å². The molecule has 0 rings (SSSR count). The number of alkyl halides is 1. The molecule has 0 heterocycles. The van der Waals surface area contributed by atoms with E-state index < -0.39 is 17.5 Å². The van der Waals surface area contributed by atoms with Crippen molar-refractivity contribution < 1.29 is 14.6 Å². The van der Waals surface area contributed by atoms with Crippen molar-refractivity contribution in [3.63, 3.8) is 0 Å². The van der Waals surface area contributed by atoms with Crippen molar-refractivity contribution in [2.75, 3.05) is 6.61 Å². The van der Waals surface area contributed by atoms with Crippen molar-refractivity contribution in [3.8, 4) is 0 Å². The molecule has 2 atom stereocenters. The van der Waals surface area contributed by atoms with E-state index in [1.54, 1.807) is 6.92 Å². The van der Waals surface area contributed by atoms with Crippen LogP contribution in [0.15, 0.2) is 0 Å². The van der Waals surface area contributed by atoms with Gasteiger partial charge < -0.3 is 9.84 Å². The van der Waals surface area contributed by atoms with E-state index in [1.165, 1.54) is 19.3 Å². The number of hydrogen-bond donors (Lipinski definition) is 1. The van der Waals surface area contributed by atoms with Gasteiger partial charge in [0.2, 0.25) is 0 Å². The monoisotopic (exact) mass is 250 g/mol. The smallest absolute Gasteiger partial charge is 0.336 e. The minimum Gasteiger partial charge on any atom is -0.464 e. The van der Waals surface area contributed by atoms with Crippen LogP contribution < -0.4 is 0 Å². The van der Waals surface area contributed by atoms with Crippen molar-refractivity contribution >= 4 is 17.6 Å². The quantitative estimate of drug-likeness (QED) is 0.389. The first-order valence-electron chi connectivity index (χ1n) is 6.12. The Kier molecular flexibility index (Phi) is 9.74. The van der Waals surface area contributed by atoms with Crippen molar-refractivity contribution in [1.29, 1.82) is 0 Å². The predicted molar refractivity (Wildman–Crippen MR) is 65.7 cm³/mol. The summed E-state index contributed by atoms with van der Waals surface area (Å²) in [6, 6.07) is 0. The zero-order valence-electron chi connectivity index (χ0n) is 10.2. The second-order valence-corrected chi connectivity index (χ2v) is 4.48. The van der Waals surface area contributed by atoms with Gasteiger partial charge >= 0.3 is 5.97 Å². The van der Waals surface area contributed by atoms with Crippen molar-refractivity contribution in [2.45, 2.75) is 63.9 Å². The van der Waals surface area contributed by atoms with Gasteiger partial charge in [0, 0.05) is 0 Å². The van der Waals surface area contributed by atoms with Gasteiger partial charge in [0.05, 0.1) is 12.0 Å². The largest absolute Gasteiger partial charge is 0.464 e. The van der Waals surface area contributed by atoms with E-state index in [2.05, 4.69) is 6.92 Å². The molecule has 0 bridgehead atoms. The van der Waals surface area contributed by atoms with Gasteiger partial charge in [-0.3, -0.25) is 0 Å². The lowest BCUT2D eigenvalue weighted by molar-refractivity contribution is -0.153. The van der Waals surface area contributed by atoms with Crippen LogP contribution in [0.2, 0.25) is 0 Å². The number of hydrogen-bond acceptors (Lipinski definition) is 3. The summed E-state index contributed by atoms with van der Waals surface area (Å²) in [5, 5.41) is 8.99. The van der Waals surface area contributed by atoms with Crippen LogP contribution in [-0.2, 0) is 9.53 Å². The Morgan fingerprint density at radius 2 is 1.88 bits per heavy atom. The third kappa shape index (κ3) is 7.07. The molecule has 0 spiro atoms. The van der Waals surface area contributed by atoms with Crippen LogP contribution in [0.5, 0.6) is 0 Å². The summed E-state index contributed by atoms with van der Waals surface area (Å²) in [5.41, 5.74) is 0. The molecule has 0 aliphatic carbocycles. The molecule has 0 saturated heterocycles. The average Bonchev–Trinajstić information content (AvgIpc) is 2.27. The Morgan fingerprint density at radius 3 is 2.44 bits per heavy atom. The molecule has 0 unspecified atom stereocenters. The molecule has 96 valence electrons. The zero-order valence-corrected chi connectivity index (χ0v) is 11.0. The Balaban J connectivity index is 3.62. The molecule has 0 aliphatic heterocycles. The zero-order chi connectivity index (χ0) is 12.4. The molecule has 0 aromatic carbocycles. The van der Waals surface area contributed by atoms with Crippen molar-refractivity contribution in [3.05, 3.63) is 0 Å². The molecule has 16 heavy (non-hydrogen) atoms. The Labute approximate surface area is 103 Å². The number of halogens is 1. The fraction of sp³-hybridized carbons (Fsp3) is 0.917. The maximum atomic E-state index is 11.2. The van der Waals surface area contributed by atoms with E-state index in [-0.39, 0.29) is 6.61 Å². The predicted octanol–water partition coefficient (Wildman–Crippen LogP) is 2.88. The van der Waals surface area contributed by atoms with Crippen molar-refractivity contribution in [2.24, 2.45) is 0 Å². The third-order valence-corrected chi connectivity index (χ3v) is 2.91. The lowest BCUT2D eigenvalue weighted by Crippen LogP contribution is -2.32. The van der Waals surface area contributed by atoms with Crippen LogP contribution in [0.25, 0.3) is 0 Å². The van der Waals surface area contributed by atoms with E-state index >= 15 is 0 Å². The summed E-state index contributed by atoms with van der Waals surface area (Å²) in [6.07, 6.45) is 5.15. The molecule has 0 saturated carbocycles. The highest BCUT2D eigenvalue weighted by molar-refractivity contribution is 6.22. The molecule has 3 nitrogen and oxygen atoms in total. The second kappa shape index (κ2) is 9.91. The summed E-state index contributed by atoms with van der Waals surface area (Å²) in [4.78, 5) is 11.2. The Hall–Kier alpha value is -0.280. The maximum Gasteiger partial charge on any atom is 0.336 e. The fourth-order valence-electron chi connectivity index (χ4n) is 1.48. The van der Waals surface area contributed by atoms with Gasteiger partial charge in [-0.2, -0.15) is 0 Å². The minimum absolute atomic E-state index is 0.274. The van der Waals surface area contributed by atoms with E-state index in [1.807, 2.05) is 0 Å². The molecule has 4 heteroatoms. The first-order valence-corrected chi connectivity index (χ1v) is 6.55. The summed E-state index contributed by atoms with van der Waals surface area (Å²) in [5.74, 6) is -0.615. The van der Waals surface area contributed by atoms with Gasteiger partial charge in [0.15, 0.2) is 6.10 Å². The first kappa shape index (κ1) is 15.7. The standard InChI is InChI=1S/C12H23ClO3/c1-3-5-6-7-8-9-10(13)11(14)12(15)16-4-2/h10-11,14H,3-9H2,1-2H3/t10-,11-/m1/s1. The van der Waals surface area contributed by atoms with Crippen LogP contribution >= 0.6 is 11.6 Å². The maximum absolute atomic E-state index is 11.2. The second-order valence-electron chi connectivity index (χ2n) is 3.92. The van der Waals surface area contributed by atoms with E-state index in [0.717, 1.165) is 12.8 Å². The van der Waals surface area contributed by atoms with Gasteiger partial charge in [-0.05, 0) is 13.3 Å². The molecule has 1 N–H and O–H groups in total. The summed E-state index contributed by atoms with van der Waals surface area (Å²) in [7, 11) is 0. The van der Waals surface area contributed by atoms with E-state index in [0.29, 0.717) is 6.42 Å². The Bertz CT molecular complexity index is 185. The van der Waals surface area contributed by atoms with Crippen LogP contribution in [0.3, 0.4) is 0 Å². The summed E-state index contributed by atoms with van der Waals surface area (Å²) in [6.45, 7) is 4.14. The molecular formula is C12H23ClO3. The number of aliphatic hydroxyl groups is 1.